The summed E-state index contributed by atoms with van der Waals surface area (Å²) in [6, 6.07) is 9.38. The Labute approximate surface area is 97.5 Å². The van der Waals surface area contributed by atoms with Crippen LogP contribution in [0.15, 0.2) is 52.5 Å². The van der Waals surface area contributed by atoms with Crippen molar-refractivity contribution in [1.29, 1.82) is 0 Å². The van der Waals surface area contributed by atoms with Crippen molar-refractivity contribution in [1.82, 2.24) is 4.98 Å². The van der Waals surface area contributed by atoms with Crippen LogP contribution in [0.1, 0.15) is 0 Å². The van der Waals surface area contributed by atoms with Gasteiger partial charge in [-0.25, -0.2) is 0 Å². The number of nitrogens with two attached hydrogens (primary N) is 1. The molecule has 0 amide bonds. The van der Waals surface area contributed by atoms with Gasteiger partial charge in [0.2, 0.25) is 0 Å². The average molecular weight is 237 g/mol. The predicted octanol–water partition coefficient (Wildman–Crippen LogP) is 3.47. The molecule has 0 aliphatic carbocycles. The first-order valence-electron chi connectivity index (χ1n) is 4.38. The number of hydrogen-bond acceptors (Lipinski definition) is 3. The second kappa shape index (κ2) is 4.55. The molecule has 1 aromatic heterocycles. The van der Waals surface area contributed by atoms with Crippen LogP contribution in [0.2, 0.25) is 5.02 Å². The number of aromatic nitrogens is 1. The first kappa shape index (κ1) is 10.3. The molecule has 4 heteroatoms. The van der Waals surface area contributed by atoms with Crippen LogP contribution in [0.25, 0.3) is 0 Å². The molecule has 0 aliphatic rings. The standard InChI is InChI=1S/C11H9ClN2S/c12-8-3-4-11(10(13)6-8)15-9-2-1-5-14-7-9/h1-7H,13H2. The van der Waals surface area contributed by atoms with E-state index in [9.17, 15) is 0 Å². The van der Waals surface area contributed by atoms with E-state index in [0.29, 0.717) is 10.7 Å². The molecule has 0 atom stereocenters. The van der Waals surface area contributed by atoms with E-state index in [2.05, 4.69) is 4.98 Å². The Hall–Kier alpha value is -1.19. The Bertz CT molecular complexity index is 459. The highest BCUT2D eigenvalue weighted by Gasteiger charge is 2.02. The number of benzene rings is 1. The minimum absolute atomic E-state index is 0.656. The summed E-state index contributed by atoms with van der Waals surface area (Å²) in [6.07, 6.45) is 3.55. The van der Waals surface area contributed by atoms with Crippen molar-refractivity contribution in [3.63, 3.8) is 0 Å². The van der Waals surface area contributed by atoms with Crippen molar-refractivity contribution in [2.45, 2.75) is 9.79 Å². The van der Waals surface area contributed by atoms with Gasteiger partial charge in [0.15, 0.2) is 0 Å². The van der Waals surface area contributed by atoms with E-state index in [1.165, 1.54) is 0 Å². The summed E-state index contributed by atoms with van der Waals surface area (Å²) in [5, 5.41) is 0.656. The van der Waals surface area contributed by atoms with Gasteiger partial charge >= 0.3 is 0 Å². The first-order valence-corrected chi connectivity index (χ1v) is 5.58. The molecule has 0 bridgehead atoms. The Kier molecular flexibility index (Phi) is 3.14. The van der Waals surface area contributed by atoms with Gasteiger partial charge in [0.25, 0.3) is 0 Å². The summed E-state index contributed by atoms with van der Waals surface area (Å²) < 4.78 is 0. The Morgan fingerprint density at radius 3 is 2.80 bits per heavy atom. The molecule has 15 heavy (non-hydrogen) atoms. The normalized spacial score (nSPS) is 10.2. The third-order valence-electron chi connectivity index (χ3n) is 1.83. The zero-order valence-corrected chi connectivity index (χ0v) is 9.42. The molecule has 1 heterocycles. The van der Waals surface area contributed by atoms with Crippen LogP contribution >= 0.6 is 23.4 Å². The number of anilines is 1. The van der Waals surface area contributed by atoms with Crippen molar-refractivity contribution in [2.75, 3.05) is 5.73 Å². The van der Waals surface area contributed by atoms with Crippen molar-refractivity contribution in [3.05, 3.63) is 47.7 Å². The zero-order chi connectivity index (χ0) is 10.7. The molecule has 2 N–H and O–H groups in total. The topological polar surface area (TPSA) is 38.9 Å². The van der Waals surface area contributed by atoms with Gasteiger partial charge in [-0.3, -0.25) is 4.98 Å². The fraction of sp³-hybridized carbons (Fsp3) is 0. The van der Waals surface area contributed by atoms with Crippen LogP contribution in [0, 0.1) is 0 Å². The van der Waals surface area contributed by atoms with Gasteiger partial charge in [0.1, 0.15) is 0 Å². The van der Waals surface area contributed by atoms with Crippen molar-refractivity contribution < 1.29 is 0 Å². The van der Waals surface area contributed by atoms with Gasteiger partial charge < -0.3 is 5.73 Å². The summed E-state index contributed by atoms with van der Waals surface area (Å²) in [6.45, 7) is 0. The molecule has 0 saturated heterocycles. The Morgan fingerprint density at radius 1 is 1.27 bits per heavy atom. The second-order valence-electron chi connectivity index (χ2n) is 2.97. The highest BCUT2D eigenvalue weighted by Crippen LogP contribution is 2.32. The van der Waals surface area contributed by atoms with Gasteiger partial charge in [-0.15, -0.1) is 0 Å². The molecule has 76 valence electrons. The SMILES string of the molecule is Nc1cc(Cl)ccc1Sc1cccnc1. The molecule has 0 aliphatic heterocycles. The molecular formula is C11H9ClN2S. The number of hydrogen-bond donors (Lipinski definition) is 1. The van der Waals surface area contributed by atoms with Crippen LogP contribution < -0.4 is 5.73 Å². The zero-order valence-electron chi connectivity index (χ0n) is 7.85. The molecule has 0 radical (unpaired) electrons. The third kappa shape index (κ3) is 2.64. The van der Waals surface area contributed by atoms with Crippen LogP contribution in [0.3, 0.4) is 0 Å². The highest BCUT2D eigenvalue weighted by atomic mass is 35.5. The predicted molar refractivity (Wildman–Crippen MR) is 64.2 cm³/mol. The fourth-order valence-corrected chi connectivity index (χ4v) is 2.15. The smallest absolute Gasteiger partial charge is 0.0470 e. The molecular weight excluding hydrogens is 228 g/mol. The van der Waals surface area contributed by atoms with E-state index >= 15 is 0 Å². The summed E-state index contributed by atoms with van der Waals surface area (Å²) in [5.41, 5.74) is 6.53. The van der Waals surface area contributed by atoms with Crippen LogP contribution in [0.5, 0.6) is 0 Å². The molecule has 0 saturated carbocycles. The summed E-state index contributed by atoms with van der Waals surface area (Å²) in [7, 11) is 0. The maximum Gasteiger partial charge on any atom is 0.0470 e. The number of pyridine rings is 1. The molecule has 0 spiro atoms. The fourth-order valence-electron chi connectivity index (χ4n) is 1.15. The summed E-state index contributed by atoms with van der Waals surface area (Å²) in [4.78, 5) is 6.09. The lowest BCUT2D eigenvalue weighted by Crippen LogP contribution is -1.87. The monoisotopic (exact) mass is 236 g/mol. The van der Waals surface area contributed by atoms with E-state index in [1.54, 1.807) is 30.2 Å². The second-order valence-corrected chi connectivity index (χ2v) is 4.52. The highest BCUT2D eigenvalue weighted by molar-refractivity contribution is 7.99. The van der Waals surface area contributed by atoms with Gasteiger partial charge in [-0.2, -0.15) is 0 Å². The van der Waals surface area contributed by atoms with E-state index in [4.69, 9.17) is 17.3 Å². The average Bonchev–Trinajstić information content (AvgIpc) is 2.24. The minimum atomic E-state index is 0.656. The molecule has 2 aromatic rings. The summed E-state index contributed by atoms with van der Waals surface area (Å²) >= 11 is 7.40. The van der Waals surface area contributed by atoms with Crippen molar-refractivity contribution in [2.24, 2.45) is 0 Å². The Balaban J connectivity index is 2.25. The molecule has 0 fully saturated rings. The lowest BCUT2D eigenvalue weighted by atomic mass is 10.3. The number of halogens is 1. The maximum absolute atomic E-state index is 5.84. The number of rotatable bonds is 2. The Morgan fingerprint density at radius 2 is 2.13 bits per heavy atom. The first-order chi connectivity index (χ1) is 7.25. The molecule has 2 nitrogen and oxygen atoms in total. The summed E-state index contributed by atoms with van der Waals surface area (Å²) in [5.74, 6) is 0. The quantitative estimate of drug-likeness (QED) is 0.812. The third-order valence-corrected chi connectivity index (χ3v) is 3.14. The largest absolute Gasteiger partial charge is 0.398 e. The van der Waals surface area contributed by atoms with E-state index < -0.39 is 0 Å². The lowest BCUT2D eigenvalue weighted by molar-refractivity contribution is 1.23. The van der Waals surface area contributed by atoms with Gasteiger partial charge in [0, 0.05) is 32.9 Å². The van der Waals surface area contributed by atoms with Crippen molar-refractivity contribution in [3.8, 4) is 0 Å². The van der Waals surface area contributed by atoms with Gasteiger partial charge in [0.05, 0.1) is 0 Å². The molecule has 2 rings (SSSR count). The van der Waals surface area contributed by atoms with Gasteiger partial charge in [-0.1, -0.05) is 23.4 Å². The molecule has 1 aromatic carbocycles. The van der Waals surface area contributed by atoms with Crippen molar-refractivity contribution >= 4 is 29.1 Å². The van der Waals surface area contributed by atoms with Crippen LogP contribution in [-0.4, -0.2) is 4.98 Å². The van der Waals surface area contributed by atoms with E-state index in [1.807, 2.05) is 24.3 Å². The van der Waals surface area contributed by atoms with E-state index in [0.717, 1.165) is 9.79 Å². The molecule has 0 unspecified atom stereocenters. The van der Waals surface area contributed by atoms with Crippen LogP contribution in [0.4, 0.5) is 5.69 Å². The number of nitrogen functional groups attached to an aromatic ring is 1. The minimum Gasteiger partial charge on any atom is -0.398 e. The lowest BCUT2D eigenvalue weighted by Gasteiger charge is -2.04. The van der Waals surface area contributed by atoms with Gasteiger partial charge in [-0.05, 0) is 30.3 Å². The number of nitrogens with zero attached hydrogens (tertiary/aromatic N) is 1. The van der Waals surface area contributed by atoms with E-state index in [-0.39, 0.29) is 0 Å². The maximum atomic E-state index is 5.84. The van der Waals surface area contributed by atoms with Crippen LogP contribution in [-0.2, 0) is 0 Å².